The van der Waals surface area contributed by atoms with Crippen molar-refractivity contribution in [2.45, 2.75) is 0 Å². The van der Waals surface area contributed by atoms with Crippen LogP contribution in [0.2, 0.25) is 0 Å². The van der Waals surface area contributed by atoms with Gasteiger partial charge in [-0.25, -0.2) is 9.18 Å². The van der Waals surface area contributed by atoms with E-state index in [1.54, 1.807) is 24.3 Å². The van der Waals surface area contributed by atoms with E-state index < -0.39 is 11.5 Å². The Balaban J connectivity index is 1.41. The quantitative estimate of drug-likeness (QED) is 0.495. The van der Waals surface area contributed by atoms with Gasteiger partial charge in [0.25, 0.3) is 5.91 Å². The van der Waals surface area contributed by atoms with Crippen LogP contribution in [-0.4, -0.2) is 38.9 Å². The molecule has 0 radical (unpaired) electrons. The summed E-state index contributed by atoms with van der Waals surface area (Å²) in [5, 5.41) is 15.0. The van der Waals surface area contributed by atoms with Gasteiger partial charge in [-0.2, -0.15) is 4.52 Å². The number of ether oxygens (including phenoxy) is 1. The molecule has 1 amide bonds. The zero-order chi connectivity index (χ0) is 20.2. The number of hydrogen-bond acceptors (Lipinski definition) is 7. The maximum atomic E-state index is 13.5. The Morgan fingerprint density at radius 1 is 1.17 bits per heavy atom. The molecule has 4 rings (SSSR count). The van der Waals surface area contributed by atoms with E-state index in [0.29, 0.717) is 17.0 Å². The SMILES string of the molecule is O=C(NCCOc1ccc2nnc(-c3cccc(F)c3)n2n1)c1ccc(=O)oc1. The summed E-state index contributed by atoms with van der Waals surface area (Å²) < 4.78 is 25.1. The van der Waals surface area contributed by atoms with Crippen LogP contribution in [0.15, 0.2) is 64.0 Å². The molecule has 1 N–H and O–H groups in total. The molecule has 0 aliphatic rings. The molecule has 3 aromatic heterocycles. The van der Waals surface area contributed by atoms with E-state index in [4.69, 9.17) is 4.74 Å². The molecule has 4 aromatic rings. The third-order valence-electron chi connectivity index (χ3n) is 3.92. The number of aromatic nitrogens is 4. The minimum Gasteiger partial charge on any atom is -0.475 e. The standard InChI is InChI=1S/C19H14FN5O4/c20-14-3-1-2-12(10-14)18-23-22-15-5-6-16(24-25(15)18)28-9-8-21-19(27)13-4-7-17(26)29-11-13/h1-7,10-11H,8-9H2,(H,21,27). The average molecular weight is 395 g/mol. The second-order valence-electron chi connectivity index (χ2n) is 5.92. The molecule has 3 heterocycles. The van der Waals surface area contributed by atoms with Crippen LogP contribution in [0.4, 0.5) is 4.39 Å². The van der Waals surface area contributed by atoms with Crippen molar-refractivity contribution in [3.63, 3.8) is 0 Å². The van der Waals surface area contributed by atoms with E-state index >= 15 is 0 Å². The Bertz CT molecular complexity index is 1220. The summed E-state index contributed by atoms with van der Waals surface area (Å²) in [6.45, 7) is 0.356. The van der Waals surface area contributed by atoms with E-state index in [0.717, 1.165) is 6.26 Å². The Kier molecular flexibility index (Phi) is 4.97. The van der Waals surface area contributed by atoms with E-state index in [9.17, 15) is 14.0 Å². The van der Waals surface area contributed by atoms with Crippen molar-refractivity contribution in [3.8, 4) is 17.3 Å². The smallest absolute Gasteiger partial charge is 0.335 e. The highest BCUT2D eigenvalue weighted by Gasteiger charge is 2.11. The average Bonchev–Trinajstić information content (AvgIpc) is 3.15. The molecular weight excluding hydrogens is 381 g/mol. The van der Waals surface area contributed by atoms with Crippen molar-refractivity contribution in [1.29, 1.82) is 0 Å². The molecule has 9 nitrogen and oxygen atoms in total. The lowest BCUT2D eigenvalue weighted by molar-refractivity contribution is 0.0944. The predicted octanol–water partition coefficient (Wildman–Crippen LogP) is 1.69. The van der Waals surface area contributed by atoms with Gasteiger partial charge >= 0.3 is 5.63 Å². The fraction of sp³-hybridized carbons (Fsp3) is 0.105. The molecule has 146 valence electrons. The molecular formula is C19H14FN5O4. The minimum atomic E-state index is -0.530. The number of nitrogens with zero attached hydrogens (tertiary/aromatic N) is 4. The lowest BCUT2D eigenvalue weighted by Gasteiger charge is -2.07. The summed E-state index contributed by atoms with van der Waals surface area (Å²) in [5.74, 6) is -0.119. The summed E-state index contributed by atoms with van der Waals surface area (Å²) >= 11 is 0. The van der Waals surface area contributed by atoms with E-state index in [1.165, 1.54) is 28.8 Å². The van der Waals surface area contributed by atoms with Crippen molar-refractivity contribution in [2.75, 3.05) is 13.2 Å². The molecule has 0 bridgehead atoms. The van der Waals surface area contributed by atoms with Crippen LogP contribution in [0.1, 0.15) is 10.4 Å². The van der Waals surface area contributed by atoms with E-state index in [2.05, 4.69) is 25.0 Å². The number of fused-ring (bicyclic) bond motifs is 1. The van der Waals surface area contributed by atoms with Crippen LogP contribution < -0.4 is 15.7 Å². The Hall–Kier alpha value is -4.08. The topological polar surface area (TPSA) is 112 Å². The molecule has 0 atom stereocenters. The molecule has 0 saturated carbocycles. The summed E-state index contributed by atoms with van der Waals surface area (Å²) in [4.78, 5) is 22.9. The minimum absolute atomic E-state index is 0.151. The van der Waals surface area contributed by atoms with Crippen molar-refractivity contribution >= 4 is 11.6 Å². The fourth-order valence-electron chi connectivity index (χ4n) is 2.57. The van der Waals surface area contributed by atoms with E-state index in [1.807, 2.05) is 0 Å². The summed E-state index contributed by atoms with van der Waals surface area (Å²) in [7, 11) is 0. The van der Waals surface area contributed by atoms with Gasteiger partial charge in [0.1, 0.15) is 18.7 Å². The maximum Gasteiger partial charge on any atom is 0.335 e. The number of carbonyl (C=O) groups is 1. The molecule has 0 spiro atoms. The number of carbonyl (C=O) groups excluding carboxylic acids is 1. The lowest BCUT2D eigenvalue weighted by atomic mass is 10.2. The molecule has 0 aliphatic carbocycles. The first-order valence-corrected chi connectivity index (χ1v) is 8.58. The van der Waals surface area contributed by atoms with Gasteiger partial charge in [-0.05, 0) is 24.3 Å². The highest BCUT2D eigenvalue weighted by atomic mass is 19.1. The van der Waals surface area contributed by atoms with Gasteiger partial charge in [-0.1, -0.05) is 12.1 Å². The van der Waals surface area contributed by atoms with E-state index in [-0.39, 0.29) is 30.4 Å². The molecule has 29 heavy (non-hydrogen) atoms. The molecule has 0 unspecified atom stereocenters. The first-order chi connectivity index (χ1) is 14.1. The third kappa shape index (κ3) is 4.10. The monoisotopic (exact) mass is 395 g/mol. The Morgan fingerprint density at radius 3 is 2.86 bits per heavy atom. The number of amides is 1. The molecule has 0 fully saturated rings. The van der Waals surface area contributed by atoms with Crippen molar-refractivity contribution < 1.29 is 18.3 Å². The van der Waals surface area contributed by atoms with Crippen LogP contribution in [-0.2, 0) is 0 Å². The predicted molar refractivity (Wildman–Crippen MR) is 99.0 cm³/mol. The zero-order valence-electron chi connectivity index (χ0n) is 14.9. The Labute approximate surface area is 162 Å². The normalized spacial score (nSPS) is 10.8. The van der Waals surface area contributed by atoms with Crippen molar-refractivity contribution in [3.05, 3.63) is 76.6 Å². The van der Waals surface area contributed by atoms with Crippen molar-refractivity contribution in [1.82, 2.24) is 25.1 Å². The highest BCUT2D eigenvalue weighted by Crippen LogP contribution is 2.19. The second-order valence-corrected chi connectivity index (χ2v) is 5.92. The fourth-order valence-corrected chi connectivity index (χ4v) is 2.57. The first kappa shape index (κ1) is 18.3. The van der Waals surface area contributed by atoms with Gasteiger partial charge in [0.2, 0.25) is 5.88 Å². The third-order valence-corrected chi connectivity index (χ3v) is 3.92. The highest BCUT2D eigenvalue weighted by molar-refractivity contribution is 5.93. The molecule has 10 heteroatoms. The van der Waals surface area contributed by atoms with Crippen LogP contribution in [0.25, 0.3) is 17.0 Å². The van der Waals surface area contributed by atoms with Gasteiger partial charge in [0.05, 0.1) is 12.1 Å². The lowest BCUT2D eigenvalue weighted by Crippen LogP contribution is -2.28. The maximum absolute atomic E-state index is 13.5. The number of nitrogens with one attached hydrogen (secondary N) is 1. The van der Waals surface area contributed by atoms with Crippen LogP contribution in [0.3, 0.4) is 0 Å². The molecule has 0 saturated heterocycles. The number of hydrogen-bond donors (Lipinski definition) is 1. The molecule has 1 aromatic carbocycles. The molecule has 0 aliphatic heterocycles. The summed E-state index contributed by atoms with van der Waals surface area (Å²) in [6.07, 6.45) is 1.09. The number of rotatable bonds is 6. The van der Waals surface area contributed by atoms with Gasteiger partial charge in [-0.15, -0.1) is 15.3 Å². The number of benzene rings is 1. The van der Waals surface area contributed by atoms with Gasteiger partial charge in [-0.3, -0.25) is 4.79 Å². The number of halogens is 1. The Morgan fingerprint density at radius 2 is 2.07 bits per heavy atom. The van der Waals surface area contributed by atoms with Crippen LogP contribution >= 0.6 is 0 Å². The van der Waals surface area contributed by atoms with Crippen LogP contribution in [0.5, 0.6) is 5.88 Å². The van der Waals surface area contributed by atoms with Gasteiger partial charge in [0, 0.05) is 17.7 Å². The van der Waals surface area contributed by atoms with Crippen molar-refractivity contribution in [2.24, 2.45) is 0 Å². The first-order valence-electron chi connectivity index (χ1n) is 8.58. The van der Waals surface area contributed by atoms with Gasteiger partial charge < -0.3 is 14.5 Å². The summed E-state index contributed by atoms with van der Waals surface area (Å²) in [5.41, 5.74) is 0.714. The van der Waals surface area contributed by atoms with Gasteiger partial charge in [0.15, 0.2) is 11.5 Å². The summed E-state index contributed by atoms with van der Waals surface area (Å²) in [6, 6.07) is 11.8. The zero-order valence-corrected chi connectivity index (χ0v) is 14.9. The van der Waals surface area contributed by atoms with Crippen LogP contribution in [0, 0.1) is 5.82 Å². The second kappa shape index (κ2) is 7.89. The largest absolute Gasteiger partial charge is 0.475 e.